The first-order chi connectivity index (χ1) is 7.29. The number of halogens is 4. The van der Waals surface area contributed by atoms with Gasteiger partial charge in [0.05, 0.1) is 0 Å². The van der Waals surface area contributed by atoms with Crippen molar-refractivity contribution >= 4 is 5.97 Å². The Morgan fingerprint density at radius 3 is 2.50 bits per heavy atom. The molecular formula is C9H6F4O3. The monoisotopic (exact) mass is 238 g/mol. The van der Waals surface area contributed by atoms with Gasteiger partial charge in [0.15, 0.2) is 6.61 Å². The highest BCUT2D eigenvalue weighted by molar-refractivity contribution is 5.90. The number of alkyl halides is 3. The van der Waals surface area contributed by atoms with Gasteiger partial charge in [0, 0.05) is 0 Å². The fourth-order valence-corrected chi connectivity index (χ4v) is 0.955. The Labute approximate surface area is 87.3 Å². The minimum absolute atomic E-state index is 0.522. The molecule has 0 aromatic heterocycles. The summed E-state index contributed by atoms with van der Waals surface area (Å²) in [6.45, 7) is -1.63. The first-order valence-corrected chi connectivity index (χ1v) is 4.02. The molecule has 0 aliphatic rings. The summed E-state index contributed by atoms with van der Waals surface area (Å²) in [6.07, 6.45) is -4.58. The quantitative estimate of drug-likeness (QED) is 0.823. The number of hydrogen-bond donors (Lipinski definition) is 1. The van der Waals surface area contributed by atoms with Crippen LogP contribution in [0.25, 0.3) is 0 Å². The molecule has 0 saturated carbocycles. The number of carbonyl (C=O) groups is 1. The highest BCUT2D eigenvalue weighted by Crippen LogP contribution is 2.23. The highest BCUT2D eigenvalue weighted by Gasteiger charge is 2.29. The average molecular weight is 238 g/mol. The molecule has 16 heavy (non-hydrogen) atoms. The number of hydrogen-bond acceptors (Lipinski definition) is 2. The van der Waals surface area contributed by atoms with E-state index in [2.05, 4.69) is 4.74 Å². The summed E-state index contributed by atoms with van der Waals surface area (Å²) in [5.74, 6) is -2.94. The topological polar surface area (TPSA) is 46.5 Å². The third kappa shape index (κ3) is 3.41. The second-order valence-corrected chi connectivity index (χ2v) is 2.85. The van der Waals surface area contributed by atoms with Crippen molar-refractivity contribution in [1.82, 2.24) is 0 Å². The molecule has 0 amide bonds. The van der Waals surface area contributed by atoms with Crippen LogP contribution in [0, 0.1) is 5.82 Å². The SMILES string of the molecule is O=C(O)c1cc(F)ccc1OCC(F)(F)F. The Morgan fingerprint density at radius 1 is 1.38 bits per heavy atom. The van der Waals surface area contributed by atoms with Crippen LogP contribution in [0.15, 0.2) is 18.2 Å². The maximum atomic E-state index is 12.6. The third-order valence-electron chi connectivity index (χ3n) is 1.56. The van der Waals surface area contributed by atoms with Gasteiger partial charge in [-0.05, 0) is 18.2 Å². The van der Waals surface area contributed by atoms with Gasteiger partial charge in [0.1, 0.15) is 17.1 Å². The lowest BCUT2D eigenvalue weighted by molar-refractivity contribution is -0.153. The zero-order chi connectivity index (χ0) is 12.3. The first kappa shape index (κ1) is 12.3. The predicted molar refractivity (Wildman–Crippen MR) is 44.9 cm³/mol. The normalized spacial score (nSPS) is 11.2. The maximum Gasteiger partial charge on any atom is 0.422 e. The molecule has 0 spiro atoms. The number of aromatic carboxylic acids is 1. The maximum absolute atomic E-state index is 12.6. The molecular weight excluding hydrogens is 232 g/mol. The molecule has 0 saturated heterocycles. The van der Waals surface area contributed by atoms with E-state index in [0.29, 0.717) is 6.07 Å². The minimum Gasteiger partial charge on any atom is -0.483 e. The molecule has 0 fully saturated rings. The van der Waals surface area contributed by atoms with Crippen molar-refractivity contribution in [3.05, 3.63) is 29.6 Å². The van der Waals surface area contributed by atoms with E-state index >= 15 is 0 Å². The zero-order valence-corrected chi connectivity index (χ0v) is 7.71. The Morgan fingerprint density at radius 2 is 2.00 bits per heavy atom. The average Bonchev–Trinajstić information content (AvgIpc) is 2.14. The van der Waals surface area contributed by atoms with Crippen LogP contribution in [0.1, 0.15) is 10.4 Å². The van der Waals surface area contributed by atoms with Gasteiger partial charge in [-0.25, -0.2) is 9.18 Å². The molecule has 1 aromatic rings. The number of ether oxygens (including phenoxy) is 1. The molecule has 0 aliphatic carbocycles. The molecule has 0 aliphatic heterocycles. The van der Waals surface area contributed by atoms with Crippen LogP contribution in [0.5, 0.6) is 5.75 Å². The van der Waals surface area contributed by atoms with Crippen molar-refractivity contribution in [2.24, 2.45) is 0 Å². The summed E-state index contributed by atoms with van der Waals surface area (Å²) in [5.41, 5.74) is -0.649. The van der Waals surface area contributed by atoms with Crippen LogP contribution in [0.2, 0.25) is 0 Å². The Bertz CT molecular complexity index is 400. The smallest absolute Gasteiger partial charge is 0.422 e. The van der Waals surface area contributed by atoms with Crippen LogP contribution in [-0.2, 0) is 0 Å². The lowest BCUT2D eigenvalue weighted by atomic mass is 10.2. The summed E-state index contributed by atoms with van der Waals surface area (Å²) in [7, 11) is 0. The molecule has 0 heterocycles. The van der Waals surface area contributed by atoms with E-state index in [9.17, 15) is 22.4 Å². The molecule has 1 aromatic carbocycles. The van der Waals surface area contributed by atoms with Crippen molar-refractivity contribution in [2.75, 3.05) is 6.61 Å². The van der Waals surface area contributed by atoms with E-state index in [1.54, 1.807) is 0 Å². The van der Waals surface area contributed by atoms with Gasteiger partial charge in [-0.15, -0.1) is 0 Å². The molecule has 1 N–H and O–H groups in total. The minimum atomic E-state index is -4.58. The molecule has 1 rings (SSSR count). The number of carboxylic acid groups (broad SMARTS) is 1. The number of carboxylic acids is 1. The van der Waals surface area contributed by atoms with E-state index < -0.39 is 35.9 Å². The summed E-state index contributed by atoms with van der Waals surface area (Å²) < 4.78 is 52.3. The van der Waals surface area contributed by atoms with Crippen LogP contribution < -0.4 is 4.74 Å². The lowest BCUT2D eigenvalue weighted by Gasteiger charge is -2.11. The largest absolute Gasteiger partial charge is 0.483 e. The van der Waals surface area contributed by atoms with Crippen molar-refractivity contribution < 1.29 is 32.2 Å². The van der Waals surface area contributed by atoms with E-state index in [0.717, 1.165) is 12.1 Å². The molecule has 0 unspecified atom stereocenters. The van der Waals surface area contributed by atoms with E-state index in [1.807, 2.05) is 0 Å². The van der Waals surface area contributed by atoms with Gasteiger partial charge in [0.2, 0.25) is 0 Å². The predicted octanol–water partition coefficient (Wildman–Crippen LogP) is 2.47. The lowest BCUT2D eigenvalue weighted by Crippen LogP contribution is -2.20. The zero-order valence-electron chi connectivity index (χ0n) is 7.71. The third-order valence-corrected chi connectivity index (χ3v) is 1.56. The van der Waals surface area contributed by atoms with Crippen molar-refractivity contribution in [1.29, 1.82) is 0 Å². The van der Waals surface area contributed by atoms with E-state index in [4.69, 9.17) is 5.11 Å². The Kier molecular flexibility index (Phi) is 3.36. The molecule has 0 atom stereocenters. The summed E-state index contributed by atoms with van der Waals surface area (Å²) in [6, 6.07) is 2.25. The van der Waals surface area contributed by atoms with Crippen molar-refractivity contribution in [3.63, 3.8) is 0 Å². The van der Waals surface area contributed by atoms with Gasteiger partial charge in [0.25, 0.3) is 0 Å². The molecule has 7 heteroatoms. The van der Waals surface area contributed by atoms with Crippen LogP contribution in [0.4, 0.5) is 17.6 Å². The van der Waals surface area contributed by atoms with Crippen LogP contribution in [-0.4, -0.2) is 23.9 Å². The standard InChI is InChI=1S/C9H6F4O3/c10-5-1-2-7(6(3-5)8(14)15)16-4-9(11,12)13/h1-3H,4H2,(H,14,15). The Balaban J connectivity index is 2.91. The second kappa shape index (κ2) is 4.38. The van der Waals surface area contributed by atoms with Gasteiger partial charge >= 0.3 is 12.1 Å². The fraction of sp³-hybridized carbons (Fsp3) is 0.222. The molecule has 3 nitrogen and oxygen atoms in total. The second-order valence-electron chi connectivity index (χ2n) is 2.85. The molecule has 0 bridgehead atoms. The molecule has 88 valence electrons. The van der Waals surface area contributed by atoms with Crippen LogP contribution in [0.3, 0.4) is 0 Å². The van der Waals surface area contributed by atoms with Crippen LogP contribution >= 0.6 is 0 Å². The molecule has 0 radical (unpaired) electrons. The number of rotatable bonds is 3. The van der Waals surface area contributed by atoms with Gasteiger partial charge < -0.3 is 9.84 Å². The van der Waals surface area contributed by atoms with E-state index in [-0.39, 0.29) is 0 Å². The van der Waals surface area contributed by atoms with Crippen molar-refractivity contribution in [2.45, 2.75) is 6.18 Å². The van der Waals surface area contributed by atoms with E-state index in [1.165, 1.54) is 0 Å². The summed E-state index contributed by atoms with van der Waals surface area (Å²) in [5, 5.41) is 8.59. The highest BCUT2D eigenvalue weighted by atomic mass is 19.4. The summed E-state index contributed by atoms with van der Waals surface area (Å²) >= 11 is 0. The van der Waals surface area contributed by atoms with Gasteiger partial charge in [-0.3, -0.25) is 0 Å². The van der Waals surface area contributed by atoms with Gasteiger partial charge in [-0.1, -0.05) is 0 Å². The van der Waals surface area contributed by atoms with Crippen molar-refractivity contribution in [3.8, 4) is 5.75 Å². The van der Waals surface area contributed by atoms with Gasteiger partial charge in [-0.2, -0.15) is 13.2 Å². The Hall–Kier alpha value is -1.79. The first-order valence-electron chi connectivity index (χ1n) is 4.02. The number of benzene rings is 1. The summed E-state index contributed by atoms with van der Waals surface area (Å²) in [4.78, 5) is 10.6. The fourth-order valence-electron chi connectivity index (χ4n) is 0.955.